The van der Waals surface area contributed by atoms with E-state index in [2.05, 4.69) is 19.1 Å². The Kier molecular flexibility index (Phi) is 5.94. The maximum absolute atomic E-state index is 11.8. The highest BCUT2D eigenvalue weighted by atomic mass is 32.2. The Morgan fingerprint density at radius 2 is 2.07 bits per heavy atom. The second-order valence-electron chi connectivity index (χ2n) is 6.12. The Labute approximate surface area is 163 Å². The number of rotatable bonds is 7. The minimum atomic E-state index is -4.60. The number of aliphatic hydroxyl groups is 3. The second-order valence-corrected chi connectivity index (χ2v) is 7.47. The van der Waals surface area contributed by atoms with Crippen LogP contribution in [0.2, 0.25) is 0 Å². The van der Waals surface area contributed by atoms with Gasteiger partial charge in [-0.25, -0.2) is 19.7 Å². The van der Waals surface area contributed by atoms with E-state index in [1.54, 1.807) is 0 Å². The molecule has 0 aliphatic carbocycles. The molecule has 0 spiro atoms. The molecule has 2 aromatic rings. The molecule has 0 aromatic carbocycles. The van der Waals surface area contributed by atoms with Crippen molar-refractivity contribution in [2.75, 3.05) is 18.9 Å². The van der Waals surface area contributed by atoms with Crippen LogP contribution in [0.1, 0.15) is 6.23 Å². The van der Waals surface area contributed by atoms with E-state index in [1.807, 2.05) is 0 Å². The first-order chi connectivity index (χ1) is 13.6. The smallest absolute Gasteiger partial charge is 0.362 e. The summed E-state index contributed by atoms with van der Waals surface area (Å²) in [5, 5.41) is 29.2. The van der Waals surface area contributed by atoms with E-state index in [0.29, 0.717) is 0 Å². The first-order valence-corrected chi connectivity index (χ1v) is 9.57. The monoisotopic (exact) mass is 433 g/mol. The largest absolute Gasteiger partial charge is 0.394 e. The van der Waals surface area contributed by atoms with E-state index in [0.717, 1.165) is 0 Å². The van der Waals surface area contributed by atoms with Gasteiger partial charge in [0.05, 0.1) is 19.5 Å². The van der Waals surface area contributed by atoms with Gasteiger partial charge in [0, 0.05) is 0 Å². The Hall–Kier alpha value is -2.47. The number of nitrogens with zero attached hydrogens (tertiary/aromatic N) is 4. The number of carbonyl (C=O) groups excluding carboxylic acids is 1. The van der Waals surface area contributed by atoms with Gasteiger partial charge in [-0.1, -0.05) is 0 Å². The molecule has 1 aliphatic rings. The van der Waals surface area contributed by atoms with Gasteiger partial charge in [0.25, 0.3) is 5.91 Å². The predicted molar refractivity (Wildman–Crippen MR) is 93.7 cm³/mol. The molecule has 29 heavy (non-hydrogen) atoms. The Bertz CT molecular complexity index is 998. The van der Waals surface area contributed by atoms with Crippen molar-refractivity contribution in [3.8, 4) is 0 Å². The molecule has 1 saturated heterocycles. The van der Waals surface area contributed by atoms with E-state index in [-0.39, 0.29) is 17.0 Å². The molecular formula is C13H19N7O8S. The van der Waals surface area contributed by atoms with Crippen LogP contribution in [0.5, 0.6) is 0 Å². The van der Waals surface area contributed by atoms with Gasteiger partial charge in [0.1, 0.15) is 36.2 Å². The van der Waals surface area contributed by atoms with Crippen molar-refractivity contribution >= 4 is 33.2 Å². The fraction of sp³-hybridized carbons (Fsp3) is 0.538. The average molecular weight is 433 g/mol. The van der Waals surface area contributed by atoms with Crippen molar-refractivity contribution in [3.05, 3.63) is 12.7 Å². The van der Waals surface area contributed by atoms with Gasteiger partial charge in [-0.15, -0.1) is 0 Å². The van der Waals surface area contributed by atoms with Gasteiger partial charge in [0.15, 0.2) is 17.7 Å². The van der Waals surface area contributed by atoms with Crippen LogP contribution >= 0.6 is 0 Å². The fourth-order valence-corrected chi connectivity index (χ4v) is 3.39. The van der Waals surface area contributed by atoms with Gasteiger partial charge >= 0.3 is 10.3 Å². The number of anilines is 1. The first kappa shape index (κ1) is 21.2. The molecule has 0 bridgehead atoms. The molecule has 5 atom stereocenters. The number of fused-ring (bicyclic) bond motifs is 1. The van der Waals surface area contributed by atoms with E-state index < -0.39 is 60.0 Å². The van der Waals surface area contributed by atoms with Gasteiger partial charge in [-0.3, -0.25) is 13.5 Å². The lowest BCUT2D eigenvalue weighted by Crippen LogP contribution is -2.46. The molecule has 0 radical (unpaired) electrons. The quantitative estimate of drug-likeness (QED) is 0.243. The van der Waals surface area contributed by atoms with Gasteiger partial charge in [0.2, 0.25) is 0 Å². The SMILES string of the molecule is Nc1ncnc2c1ncn2C1OC(COS(=O)(=O)NC(=O)[C@@H](N)CO)[C@@H](O)[C@H]1O. The summed E-state index contributed by atoms with van der Waals surface area (Å²) in [5.41, 5.74) is 11.4. The zero-order chi connectivity index (χ0) is 21.3. The molecule has 15 nitrogen and oxygen atoms in total. The standard InChI is InChI=1S/C13H19N7O8S/c14-5(1-21)12(24)19-29(25,26)27-2-6-8(22)9(23)13(28-6)20-4-18-7-10(15)16-3-17-11(7)20/h3-6,8-9,13,21-23H,1-2,14H2,(H,19,24)(H2,15,16,17)/t5-,6?,8+,9+,13?/m0/s1. The Morgan fingerprint density at radius 3 is 2.76 bits per heavy atom. The molecule has 2 unspecified atom stereocenters. The molecule has 160 valence electrons. The second kappa shape index (κ2) is 8.11. The lowest BCUT2D eigenvalue weighted by Gasteiger charge is -2.16. The summed E-state index contributed by atoms with van der Waals surface area (Å²) in [4.78, 5) is 23.3. The third-order valence-electron chi connectivity index (χ3n) is 4.14. The lowest BCUT2D eigenvalue weighted by atomic mass is 10.1. The summed E-state index contributed by atoms with van der Waals surface area (Å²) in [6.07, 6.45) is -2.99. The number of ether oxygens (including phenoxy) is 1. The van der Waals surface area contributed by atoms with Crippen LogP contribution in [-0.4, -0.2) is 86.7 Å². The summed E-state index contributed by atoms with van der Waals surface area (Å²) in [6.45, 7) is -1.50. The van der Waals surface area contributed by atoms with Crippen LogP contribution in [0, 0.1) is 0 Å². The number of hydrogen-bond donors (Lipinski definition) is 6. The molecule has 0 saturated carbocycles. The zero-order valence-electron chi connectivity index (χ0n) is 14.7. The number of imidazole rings is 1. The number of aromatic nitrogens is 4. The number of hydrogen-bond acceptors (Lipinski definition) is 13. The van der Waals surface area contributed by atoms with Crippen LogP contribution in [0.25, 0.3) is 11.2 Å². The molecule has 3 heterocycles. The Morgan fingerprint density at radius 1 is 1.34 bits per heavy atom. The number of nitrogens with two attached hydrogens (primary N) is 2. The first-order valence-electron chi connectivity index (χ1n) is 8.16. The highest BCUT2D eigenvalue weighted by molar-refractivity contribution is 7.85. The van der Waals surface area contributed by atoms with E-state index >= 15 is 0 Å². The summed E-state index contributed by atoms with van der Waals surface area (Å²) in [6, 6.07) is -1.46. The van der Waals surface area contributed by atoms with Crippen LogP contribution in [0.15, 0.2) is 12.7 Å². The van der Waals surface area contributed by atoms with E-state index in [4.69, 9.17) is 21.3 Å². The molecule has 1 aliphatic heterocycles. The van der Waals surface area contributed by atoms with Crippen molar-refractivity contribution < 1.29 is 37.5 Å². The van der Waals surface area contributed by atoms with Gasteiger partial charge < -0.3 is 31.5 Å². The third-order valence-corrected chi connectivity index (χ3v) is 5.04. The van der Waals surface area contributed by atoms with Crippen molar-refractivity contribution in [2.45, 2.75) is 30.6 Å². The number of aliphatic hydroxyl groups excluding tert-OH is 3. The minimum Gasteiger partial charge on any atom is -0.394 e. The molecular weight excluding hydrogens is 414 g/mol. The zero-order valence-corrected chi connectivity index (χ0v) is 15.5. The molecule has 1 amide bonds. The van der Waals surface area contributed by atoms with Crippen LogP contribution in [0.3, 0.4) is 0 Å². The highest BCUT2D eigenvalue weighted by Gasteiger charge is 2.45. The molecule has 8 N–H and O–H groups in total. The highest BCUT2D eigenvalue weighted by Crippen LogP contribution is 2.32. The van der Waals surface area contributed by atoms with Crippen LogP contribution in [-0.2, 0) is 24.0 Å². The lowest BCUT2D eigenvalue weighted by molar-refractivity contribution is -0.121. The normalized spacial score (nSPS) is 25.9. The predicted octanol–water partition coefficient (Wildman–Crippen LogP) is -4.28. The number of nitrogen functional groups attached to an aromatic ring is 1. The average Bonchev–Trinajstić information content (AvgIpc) is 3.22. The summed E-state index contributed by atoms with van der Waals surface area (Å²) in [5.74, 6) is -1.08. The number of amides is 1. The maximum Gasteiger partial charge on any atom is 0.362 e. The molecule has 3 rings (SSSR count). The van der Waals surface area contributed by atoms with Crippen LogP contribution < -0.4 is 16.2 Å². The molecule has 16 heteroatoms. The fourth-order valence-electron chi connectivity index (χ4n) is 2.62. The minimum absolute atomic E-state index is 0.101. The van der Waals surface area contributed by atoms with E-state index in [9.17, 15) is 23.4 Å². The Balaban J connectivity index is 1.70. The number of nitrogens with one attached hydrogen (secondary N) is 1. The van der Waals surface area contributed by atoms with Crippen molar-refractivity contribution in [3.63, 3.8) is 0 Å². The van der Waals surface area contributed by atoms with Crippen molar-refractivity contribution in [1.82, 2.24) is 24.2 Å². The topological polar surface area (TPSA) is 238 Å². The molecule has 1 fully saturated rings. The van der Waals surface area contributed by atoms with Crippen LogP contribution in [0.4, 0.5) is 5.82 Å². The molecule has 2 aromatic heterocycles. The van der Waals surface area contributed by atoms with Crippen molar-refractivity contribution in [1.29, 1.82) is 0 Å². The maximum atomic E-state index is 11.8. The van der Waals surface area contributed by atoms with E-state index in [1.165, 1.54) is 21.9 Å². The summed E-state index contributed by atoms with van der Waals surface area (Å²) < 4.78 is 36.5. The number of carbonyl (C=O) groups is 1. The van der Waals surface area contributed by atoms with Gasteiger partial charge in [-0.05, 0) is 0 Å². The summed E-state index contributed by atoms with van der Waals surface area (Å²) >= 11 is 0. The van der Waals surface area contributed by atoms with Gasteiger partial charge in [-0.2, -0.15) is 8.42 Å². The third kappa shape index (κ3) is 4.27. The summed E-state index contributed by atoms with van der Waals surface area (Å²) in [7, 11) is -4.60. The van der Waals surface area contributed by atoms with Crippen molar-refractivity contribution in [2.24, 2.45) is 5.73 Å².